The van der Waals surface area contributed by atoms with E-state index in [1.54, 1.807) is 0 Å². The van der Waals surface area contributed by atoms with Gasteiger partial charge in [-0.1, -0.05) is 17.7 Å². The van der Waals surface area contributed by atoms with E-state index in [1.165, 1.54) is 17.9 Å². The highest BCUT2D eigenvalue weighted by atomic mass is 127. The first-order valence-electron chi connectivity index (χ1n) is 8.97. The van der Waals surface area contributed by atoms with E-state index in [0.717, 1.165) is 27.3 Å². The Labute approximate surface area is 196 Å². The maximum absolute atomic E-state index is 10.7. The molecule has 4 aromatic rings. The second-order valence-electron chi connectivity index (χ2n) is 6.93. The van der Waals surface area contributed by atoms with Gasteiger partial charge < -0.3 is 15.0 Å². The monoisotopic (exact) mass is 616 g/mol. The van der Waals surface area contributed by atoms with Crippen LogP contribution in [0.4, 0.5) is 5.69 Å². The molecular weight excluding hydrogens is 598 g/mol. The number of aryl methyl sites for hydroxylation is 1. The molecule has 0 unspecified atom stereocenters. The minimum absolute atomic E-state index is 0.454. The molecule has 0 aliphatic carbocycles. The van der Waals surface area contributed by atoms with E-state index in [1.807, 2.05) is 25.1 Å². The Morgan fingerprint density at radius 3 is 2.14 bits per heavy atom. The highest BCUT2D eigenvalue weighted by Gasteiger charge is 2.14. The summed E-state index contributed by atoms with van der Waals surface area (Å²) in [5, 5.41) is 17.2. The van der Waals surface area contributed by atoms with E-state index in [0.29, 0.717) is 13.1 Å². The van der Waals surface area contributed by atoms with E-state index in [2.05, 4.69) is 91.5 Å². The lowest BCUT2D eigenvalue weighted by Gasteiger charge is -2.16. The third kappa shape index (κ3) is 4.13. The predicted molar refractivity (Wildman–Crippen MR) is 136 cm³/mol. The Kier molecular flexibility index (Phi) is 6.06. The molecule has 2 N–H and O–H groups in total. The number of nitrogens with one attached hydrogen (secondary N) is 1. The van der Waals surface area contributed by atoms with Crippen molar-refractivity contribution in [3.8, 4) is 0 Å². The smallest absolute Gasteiger partial charge is 0.0891 e. The zero-order valence-corrected chi connectivity index (χ0v) is 20.3. The van der Waals surface area contributed by atoms with Gasteiger partial charge in [0.25, 0.3) is 0 Å². The maximum atomic E-state index is 10.7. The van der Waals surface area contributed by atoms with E-state index in [-0.39, 0.29) is 0 Å². The summed E-state index contributed by atoms with van der Waals surface area (Å²) in [6.45, 7) is 2.95. The van der Waals surface area contributed by atoms with E-state index >= 15 is 0 Å². The maximum Gasteiger partial charge on any atom is 0.0891 e. The van der Waals surface area contributed by atoms with Gasteiger partial charge >= 0.3 is 0 Å². The van der Waals surface area contributed by atoms with E-state index in [4.69, 9.17) is 11.6 Å². The number of aliphatic hydroxyl groups excluding tert-OH is 1. The van der Waals surface area contributed by atoms with Gasteiger partial charge in [-0.3, -0.25) is 0 Å². The lowest BCUT2D eigenvalue weighted by Crippen LogP contribution is -2.24. The molecule has 1 heterocycles. The second kappa shape index (κ2) is 8.38. The Morgan fingerprint density at radius 1 is 0.964 bits per heavy atom. The number of halogens is 3. The topological polar surface area (TPSA) is 37.2 Å². The van der Waals surface area contributed by atoms with Gasteiger partial charge in [0.2, 0.25) is 0 Å². The summed E-state index contributed by atoms with van der Waals surface area (Å²) in [6.07, 6.45) is -0.530. The summed E-state index contributed by atoms with van der Waals surface area (Å²) < 4.78 is 4.63. The van der Waals surface area contributed by atoms with Crippen LogP contribution in [-0.2, 0) is 6.54 Å². The normalized spacial score (nSPS) is 12.6. The number of nitrogens with zero attached hydrogens (tertiary/aromatic N) is 1. The molecule has 0 saturated heterocycles. The predicted octanol–water partition coefficient (Wildman–Crippen LogP) is 6.44. The summed E-state index contributed by atoms with van der Waals surface area (Å²) in [7, 11) is 0. The highest BCUT2D eigenvalue weighted by Crippen LogP contribution is 2.31. The van der Waals surface area contributed by atoms with Gasteiger partial charge in [-0.15, -0.1) is 0 Å². The fourth-order valence-corrected chi connectivity index (χ4v) is 4.62. The number of hydrogen-bond acceptors (Lipinski definition) is 2. The van der Waals surface area contributed by atoms with Gasteiger partial charge in [0.1, 0.15) is 0 Å². The fraction of sp³-hybridized carbons (Fsp3) is 0.182. The molecule has 6 heteroatoms. The van der Waals surface area contributed by atoms with Gasteiger partial charge in [-0.2, -0.15) is 0 Å². The van der Waals surface area contributed by atoms with Crippen LogP contribution in [0.3, 0.4) is 0 Å². The number of aromatic nitrogens is 1. The lowest BCUT2D eigenvalue weighted by molar-refractivity contribution is 0.169. The number of rotatable bonds is 5. The van der Waals surface area contributed by atoms with Crippen molar-refractivity contribution >= 4 is 84.3 Å². The third-order valence-electron chi connectivity index (χ3n) is 4.90. The van der Waals surface area contributed by atoms with E-state index in [9.17, 15) is 5.11 Å². The van der Waals surface area contributed by atoms with Gasteiger partial charge in [0.15, 0.2) is 0 Å². The van der Waals surface area contributed by atoms with Gasteiger partial charge in [-0.25, -0.2) is 0 Å². The van der Waals surface area contributed by atoms with Crippen LogP contribution in [0.25, 0.3) is 21.8 Å². The number of anilines is 1. The van der Waals surface area contributed by atoms with Crippen LogP contribution < -0.4 is 5.32 Å². The van der Waals surface area contributed by atoms with Crippen molar-refractivity contribution in [2.75, 3.05) is 11.9 Å². The Morgan fingerprint density at radius 2 is 1.57 bits per heavy atom. The zero-order valence-electron chi connectivity index (χ0n) is 15.2. The van der Waals surface area contributed by atoms with Crippen LogP contribution in [0.1, 0.15) is 5.56 Å². The average molecular weight is 617 g/mol. The molecule has 3 aromatic carbocycles. The number of hydrogen-bond donors (Lipinski definition) is 2. The summed E-state index contributed by atoms with van der Waals surface area (Å²) in [4.78, 5) is 0. The van der Waals surface area contributed by atoms with Crippen molar-refractivity contribution in [2.45, 2.75) is 19.6 Å². The lowest BCUT2D eigenvalue weighted by atomic mass is 10.2. The standard InChI is InChI=1S/C22H19ClI2N2O/c1-13-2-5-16(10-20(13)23)26-11-17(28)12-27-21-6-3-14(24)8-18(21)19-9-15(25)4-7-22(19)27/h2-10,17,26,28H,11-12H2,1H3/t17-/m0/s1. The molecule has 0 saturated carbocycles. The van der Waals surface area contributed by atoms with E-state index < -0.39 is 6.10 Å². The summed E-state index contributed by atoms with van der Waals surface area (Å²) in [5.74, 6) is 0. The van der Waals surface area contributed by atoms with Crippen LogP contribution in [0.2, 0.25) is 5.02 Å². The largest absolute Gasteiger partial charge is 0.389 e. The molecule has 0 spiro atoms. The first kappa shape index (κ1) is 20.3. The van der Waals surface area contributed by atoms with Gasteiger partial charge in [0.05, 0.1) is 12.6 Å². The molecule has 0 bridgehead atoms. The Hall–Kier alpha value is -1.03. The molecule has 0 aliphatic heterocycles. The van der Waals surface area contributed by atoms with Crippen molar-refractivity contribution in [3.63, 3.8) is 0 Å². The molecule has 0 amide bonds. The number of fused-ring (bicyclic) bond motifs is 3. The SMILES string of the molecule is Cc1ccc(NC[C@H](O)Cn2c3ccc(I)cc3c3cc(I)ccc32)cc1Cl. The van der Waals surface area contributed by atoms with Gasteiger partial charge in [0, 0.05) is 46.2 Å². The highest BCUT2D eigenvalue weighted by molar-refractivity contribution is 14.1. The van der Waals surface area contributed by atoms with Crippen LogP contribution >= 0.6 is 56.8 Å². The molecule has 4 rings (SSSR count). The first-order chi connectivity index (χ1) is 13.4. The molecule has 0 aliphatic rings. The molecule has 28 heavy (non-hydrogen) atoms. The van der Waals surface area contributed by atoms with Crippen molar-refractivity contribution in [1.29, 1.82) is 0 Å². The Bertz CT molecular complexity index is 1110. The minimum atomic E-state index is -0.530. The molecule has 0 fully saturated rings. The minimum Gasteiger partial charge on any atom is -0.389 e. The summed E-state index contributed by atoms with van der Waals surface area (Å²) in [5.41, 5.74) is 4.26. The molecule has 0 radical (unpaired) electrons. The number of benzene rings is 3. The molecule has 144 valence electrons. The van der Waals surface area contributed by atoms with Gasteiger partial charge in [-0.05, 0) is 106 Å². The van der Waals surface area contributed by atoms with Crippen LogP contribution in [0.5, 0.6) is 0 Å². The Balaban J connectivity index is 1.62. The van der Waals surface area contributed by atoms with Crippen molar-refractivity contribution < 1.29 is 5.11 Å². The summed E-state index contributed by atoms with van der Waals surface area (Å²) >= 11 is 10.9. The van der Waals surface area contributed by atoms with Crippen LogP contribution in [-0.4, -0.2) is 22.3 Å². The zero-order chi connectivity index (χ0) is 19.8. The molecular formula is C22H19ClI2N2O. The van der Waals surface area contributed by atoms with Crippen LogP contribution in [0, 0.1) is 14.1 Å². The average Bonchev–Trinajstić information content (AvgIpc) is 2.95. The molecule has 1 atom stereocenters. The van der Waals surface area contributed by atoms with Crippen LogP contribution in [0.15, 0.2) is 54.6 Å². The molecule has 1 aromatic heterocycles. The second-order valence-corrected chi connectivity index (χ2v) is 9.83. The quantitative estimate of drug-likeness (QED) is 0.254. The van der Waals surface area contributed by atoms with Crippen molar-refractivity contribution in [3.05, 3.63) is 72.3 Å². The third-order valence-corrected chi connectivity index (χ3v) is 6.65. The summed E-state index contributed by atoms with van der Waals surface area (Å²) in [6, 6.07) is 18.8. The first-order valence-corrected chi connectivity index (χ1v) is 11.5. The fourth-order valence-electron chi connectivity index (χ4n) is 3.46. The number of aliphatic hydroxyl groups is 1. The van der Waals surface area contributed by atoms with Crippen molar-refractivity contribution in [1.82, 2.24) is 4.57 Å². The molecule has 3 nitrogen and oxygen atoms in total. The van der Waals surface area contributed by atoms with Crippen molar-refractivity contribution in [2.24, 2.45) is 0 Å².